The predicted octanol–water partition coefficient (Wildman–Crippen LogP) is 4.83. The number of rotatable bonds is 4. The zero-order valence-corrected chi connectivity index (χ0v) is 13.7. The molecule has 0 radical (unpaired) electrons. The van der Waals surface area contributed by atoms with Gasteiger partial charge in [0.25, 0.3) is 0 Å². The van der Waals surface area contributed by atoms with E-state index in [4.69, 9.17) is 11.6 Å². The molecule has 1 aromatic heterocycles. The van der Waals surface area contributed by atoms with Crippen LogP contribution in [0.4, 0.5) is 5.69 Å². The molecule has 0 aliphatic rings. The van der Waals surface area contributed by atoms with E-state index in [1.807, 2.05) is 49.4 Å². The third-order valence-electron chi connectivity index (χ3n) is 3.33. The summed E-state index contributed by atoms with van der Waals surface area (Å²) in [6, 6.07) is 13.4. The second kappa shape index (κ2) is 6.46. The Labute approximate surface area is 138 Å². The molecule has 1 heterocycles. The van der Waals surface area contributed by atoms with Crippen molar-refractivity contribution in [3.05, 3.63) is 58.1 Å². The molecule has 0 bridgehead atoms. The third-order valence-corrected chi connectivity index (χ3v) is 4.54. The summed E-state index contributed by atoms with van der Waals surface area (Å²) in [7, 11) is 0. The fourth-order valence-electron chi connectivity index (χ4n) is 2.25. The third kappa shape index (κ3) is 3.64. The number of hydrogen-bond donors (Lipinski definition) is 1. The molecule has 0 saturated heterocycles. The van der Waals surface area contributed by atoms with Gasteiger partial charge in [-0.1, -0.05) is 23.7 Å². The number of nitrogens with one attached hydrogen (secondary N) is 1. The number of halogens is 1. The summed E-state index contributed by atoms with van der Waals surface area (Å²) in [6.45, 7) is 1.98. The van der Waals surface area contributed by atoms with Crippen LogP contribution in [-0.2, 0) is 11.2 Å². The van der Waals surface area contributed by atoms with Crippen LogP contribution in [0, 0.1) is 6.92 Å². The van der Waals surface area contributed by atoms with Crippen LogP contribution in [0.3, 0.4) is 0 Å². The van der Waals surface area contributed by atoms with E-state index in [9.17, 15) is 4.79 Å². The average molecular weight is 331 g/mol. The van der Waals surface area contributed by atoms with Gasteiger partial charge in [0.2, 0.25) is 5.91 Å². The standard InChI is InChI=1S/C17H15ClN2OS/c1-11-19-15-10-14(7-8-16(15)22-11)20-17(21)9-4-12-2-5-13(18)6-3-12/h2-3,5-8,10H,4,9H2,1H3,(H,20,21). The first-order valence-electron chi connectivity index (χ1n) is 7.02. The van der Waals surface area contributed by atoms with Gasteiger partial charge < -0.3 is 5.32 Å². The molecular weight excluding hydrogens is 316 g/mol. The van der Waals surface area contributed by atoms with Crippen molar-refractivity contribution in [3.63, 3.8) is 0 Å². The second-order valence-electron chi connectivity index (χ2n) is 5.09. The number of carbonyl (C=O) groups excluding carboxylic acids is 1. The summed E-state index contributed by atoms with van der Waals surface area (Å²) in [4.78, 5) is 16.5. The number of fused-ring (bicyclic) bond motifs is 1. The SMILES string of the molecule is Cc1nc2cc(NC(=O)CCc3ccc(Cl)cc3)ccc2s1. The Kier molecular flexibility index (Phi) is 4.41. The second-order valence-corrected chi connectivity index (χ2v) is 6.76. The zero-order chi connectivity index (χ0) is 15.5. The van der Waals surface area contributed by atoms with E-state index in [-0.39, 0.29) is 5.91 Å². The lowest BCUT2D eigenvalue weighted by atomic mass is 10.1. The number of benzene rings is 2. The molecule has 0 spiro atoms. The summed E-state index contributed by atoms with van der Waals surface area (Å²) in [5, 5.41) is 4.66. The van der Waals surface area contributed by atoms with Gasteiger partial charge in [-0.3, -0.25) is 4.79 Å². The molecule has 2 aromatic carbocycles. The number of aryl methyl sites for hydroxylation is 2. The largest absolute Gasteiger partial charge is 0.326 e. The van der Waals surface area contributed by atoms with Gasteiger partial charge in [-0.15, -0.1) is 11.3 Å². The Morgan fingerprint density at radius 1 is 1.23 bits per heavy atom. The van der Waals surface area contributed by atoms with Crippen molar-refractivity contribution in [1.82, 2.24) is 4.98 Å². The first-order valence-corrected chi connectivity index (χ1v) is 8.21. The number of carbonyl (C=O) groups is 1. The monoisotopic (exact) mass is 330 g/mol. The van der Waals surface area contributed by atoms with Crippen LogP contribution in [0.5, 0.6) is 0 Å². The Morgan fingerprint density at radius 3 is 2.77 bits per heavy atom. The van der Waals surface area contributed by atoms with E-state index in [0.717, 1.165) is 26.5 Å². The number of amides is 1. The number of anilines is 1. The number of hydrogen-bond acceptors (Lipinski definition) is 3. The molecule has 3 aromatic rings. The molecular formula is C17H15ClN2OS. The highest BCUT2D eigenvalue weighted by Crippen LogP contribution is 2.24. The van der Waals surface area contributed by atoms with Crippen molar-refractivity contribution < 1.29 is 4.79 Å². The molecule has 0 unspecified atom stereocenters. The maximum Gasteiger partial charge on any atom is 0.224 e. The van der Waals surface area contributed by atoms with Crippen LogP contribution in [0.2, 0.25) is 5.02 Å². The minimum Gasteiger partial charge on any atom is -0.326 e. The van der Waals surface area contributed by atoms with Crippen molar-refractivity contribution in [3.8, 4) is 0 Å². The Balaban J connectivity index is 1.61. The molecule has 3 nitrogen and oxygen atoms in total. The van der Waals surface area contributed by atoms with Gasteiger partial charge in [0, 0.05) is 17.1 Å². The van der Waals surface area contributed by atoms with Crippen LogP contribution in [0.15, 0.2) is 42.5 Å². The van der Waals surface area contributed by atoms with Gasteiger partial charge >= 0.3 is 0 Å². The van der Waals surface area contributed by atoms with E-state index in [0.29, 0.717) is 17.9 Å². The topological polar surface area (TPSA) is 42.0 Å². The van der Waals surface area contributed by atoms with E-state index in [1.165, 1.54) is 0 Å². The van der Waals surface area contributed by atoms with Gasteiger partial charge in [0.05, 0.1) is 15.2 Å². The molecule has 0 saturated carbocycles. The van der Waals surface area contributed by atoms with Gasteiger partial charge in [-0.25, -0.2) is 4.98 Å². The summed E-state index contributed by atoms with van der Waals surface area (Å²) in [5.41, 5.74) is 2.82. The number of thiazole rings is 1. The van der Waals surface area contributed by atoms with Gasteiger partial charge in [0.1, 0.15) is 0 Å². The number of aromatic nitrogens is 1. The Bertz CT molecular complexity index is 811. The van der Waals surface area contributed by atoms with Gasteiger partial charge in [-0.2, -0.15) is 0 Å². The lowest BCUT2D eigenvalue weighted by Crippen LogP contribution is -2.12. The van der Waals surface area contributed by atoms with Crippen molar-refractivity contribution in [2.75, 3.05) is 5.32 Å². The van der Waals surface area contributed by atoms with E-state index >= 15 is 0 Å². The van der Waals surface area contributed by atoms with E-state index in [1.54, 1.807) is 11.3 Å². The quantitative estimate of drug-likeness (QED) is 0.744. The lowest BCUT2D eigenvalue weighted by molar-refractivity contribution is -0.116. The Hall–Kier alpha value is -1.91. The molecule has 5 heteroatoms. The van der Waals surface area contributed by atoms with Crippen molar-refractivity contribution in [1.29, 1.82) is 0 Å². The Morgan fingerprint density at radius 2 is 2.00 bits per heavy atom. The molecule has 22 heavy (non-hydrogen) atoms. The number of nitrogens with zero attached hydrogens (tertiary/aromatic N) is 1. The van der Waals surface area contributed by atoms with E-state index in [2.05, 4.69) is 10.3 Å². The summed E-state index contributed by atoms with van der Waals surface area (Å²) in [5.74, 6) is 0.00116. The molecule has 0 aliphatic heterocycles. The van der Waals surface area contributed by atoms with Crippen LogP contribution < -0.4 is 5.32 Å². The predicted molar refractivity (Wildman–Crippen MR) is 92.8 cm³/mol. The summed E-state index contributed by atoms with van der Waals surface area (Å²) >= 11 is 7.50. The lowest BCUT2D eigenvalue weighted by Gasteiger charge is -2.05. The fourth-order valence-corrected chi connectivity index (χ4v) is 3.19. The summed E-state index contributed by atoms with van der Waals surface area (Å²) in [6.07, 6.45) is 1.14. The normalized spacial score (nSPS) is 10.8. The van der Waals surface area contributed by atoms with Gasteiger partial charge in [-0.05, 0) is 49.2 Å². The highest BCUT2D eigenvalue weighted by Gasteiger charge is 2.06. The van der Waals surface area contributed by atoms with Crippen molar-refractivity contribution in [2.24, 2.45) is 0 Å². The molecule has 0 aliphatic carbocycles. The fraction of sp³-hybridized carbons (Fsp3) is 0.176. The average Bonchev–Trinajstić information content (AvgIpc) is 2.86. The van der Waals surface area contributed by atoms with Crippen LogP contribution >= 0.6 is 22.9 Å². The minimum atomic E-state index is 0.00116. The maximum absolute atomic E-state index is 12.0. The van der Waals surface area contributed by atoms with Crippen LogP contribution in [0.25, 0.3) is 10.2 Å². The molecule has 1 amide bonds. The molecule has 0 fully saturated rings. The highest BCUT2D eigenvalue weighted by molar-refractivity contribution is 7.18. The van der Waals surface area contributed by atoms with Crippen LogP contribution in [0.1, 0.15) is 17.0 Å². The van der Waals surface area contributed by atoms with Crippen LogP contribution in [-0.4, -0.2) is 10.9 Å². The first-order chi connectivity index (χ1) is 10.6. The zero-order valence-electron chi connectivity index (χ0n) is 12.1. The minimum absolute atomic E-state index is 0.00116. The van der Waals surface area contributed by atoms with Gasteiger partial charge in [0.15, 0.2) is 0 Å². The summed E-state index contributed by atoms with van der Waals surface area (Å²) < 4.78 is 1.14. The molecule has 3 rings (SSSR count). The van der Waals surface area contributed by atoms with Crippen molar-refractivity contribution >= 4 is 44.7 Å². The molecule has 1 N–H and O–H groups in total. The highest BCUT2D eigenvalue weighted by atomic mass is 35.5. The maximum atomic E-state index is 12.0. The first kappa shape index (κ1) is 15.0. The molecule has 112 valence electrons. The smallest absolute Gasteiger partial charge is 0.224 e. The molecule has 0 atom stereocenters. The van der Waals surface area contributed by atoms with E-state index < -0.39 is 0 Å². The van der Waals surface area contributed by atoms with Crippen molar-refractivity contribution in [2.45, 2.75) is 19.8 Å².